The molecule has 1 aliphatic carbocycles. The summed E-state index contributed by atoms with van der Waals surface area (Å²) in [4.78, 5) is 36.2. The Hall–Kier alpha value is -3.39. The second-order valence-electron chi connectivity index (χ2n) is 9.60. The van der Waals surface area contributed by atoms with Gasteiger partial charge in [-0.1, -0.05) is 48.5 Å². The molecular formula is C26H32N2O6. The van der Waals surface area contributed by atoms with Crippen LogP contribution in [0.4, 0.5) is 4.79 Å². The van der Waals surface area contributed by atoms with Crippen molar-refractivity contribution in [3.8, 4) is 11.1 Å². The molecule has 0 saturated heterocycles. The minimum absolute atomic E-state index is 0.00322. The Morgan fingerprint density at radius 3 is 2.03 bits per heavy atom. The smallest absolute Gasteiger partial charge is 0.407 e. The zero-order valence-corrected chi connectivity index (χ0v) is 19.9. The van der Waals surface area contributed by atoms with E-state index >= 15 is 0 Å². The molecule has 2 amide bonds. The van der Waals surface area contributed by atoms with Crippen molar-refractivity contribution in [3.05, 3.63) is 59.7 Å². The van der Waals surface area contributed by atoms with Gasteiger partial charge in [0, 0.05) is 18.9 Å². The average Bonchev–Trinajstić information content (AvgIpc) is 3.10. The van der Waals surface area contributed by atoms with Crippen LogP contribution in [0.25, 0.3) is 11.1 Å². The molecule has 34 heavy (non-hydrogen) atoms. The van der Waals surface area contributed by atoms with Gasteiger partial charge < -0.3 is 25.6 Å². The van der Waals surface area contributed by atoms with Gasteiger partial charge in [0.05, 0.1) is 11.0 Å². The summed E-state index contributed by atoms with van der Waals surface area (Å²) < 4.78 is 5.61. The molecular weight excluding hydrogens is 436 g/mol. The molecule has 0 unspecified atom stereocenters. The lowest BCUT2D eigenvalue weighted by atomic mass is 9.73. The van der Waals surface area contributed by atoms with Crippen molar-refractivity contribution < 1.29 is 29.3 Å². The molecule has 0 aromatic heterocycles. The number of carbonyl (C=O) groups is 3. The van der Waals surface area contributed by atoms with E-state index in [0.29, 0.717) is 0 Å². The predicted molar refractivity (Wildman–Crippen MR) is 127 cm³/mol. The number of amides is 2. The van der Waals surface area contributed by atoms with Gasteiger partial charge in [-0.3, -0.25) is 4.79 Å². The van der Waals surface area contributed by atoms with Crippen LogP contribution in [0.2, 0.25) is 0 Å². The number of carbonyl (C=O) groups excluding carboxylic acids is 2. The third-order valence-corrected chi connectivity index (χ3v) is 6.88. The van der Waals surface area contributed by atoms with Crippen LogP contribution in [-0.4, -0.2) is 53.0 Å². The molecule has 0 saturated carbocycles. The van der Waals surface area contributed by atoms with E-state index in [2.05, 4.69) is 22.8 Å². The fourth-order valence-electron chi connectivity index (χ4n) is 4.00. The van der Waals surface area contributed by atoms with Crippen molar-refractivity contribution in [3.63, 3.8) is 0 Å². The Labute approximate surface area is 199 Å². The maximum Gasteiger partial charge on any atom is 0.407 e. The number of hydrogen-bond donors (Lipinski definition) is 4. The van der Waals surface area contributed by atoms with Crippen molar-refractivity contribution in [2.75, 3.05) is 13.2 Å². The summed E-state index contributed by atoms with van der Waals surface area (Å²) in [6, 6.07) is 16.1. The average molecular weight is 469 g/mol. The highest BCUT2D eigenvalue weighted by Crippen LogP contribution is 2.44. The first-order chi connectivity index (χ1) is 16.0. The molecule has 2 aromatic rings. The van der Waals surface area contributed by atoms with E-state index in [-0.39, 0.29) is 31.4 Å². The largest absolute Gasteiger partial charge is 0.479 e. The van der Waals surface area contributed by atoms with Gasteiger partial charge in [-0.25, -0.2) is 9.59 Å². The zero-order valence-electron chi connectivity index (χ0n) is 19.9. The summed E-state index contributed by atoms with van der Waals surface area (Å²) in [7, 11) is 0. The normalized spacial score (nSPS) is 14.0. The molecule has 8 nitrogen and oxygen atoms in total. The predicted octanol–water partition coefficient (Wildman–Crippen LogP) is 3.28. The Kier molecular flexibility index (Phi) is 7.31. The van der Waals surface area contributed by atoms with Crippen LogP contribution >= 0.6 is 0 Å². The Morgan fingerprint density at radius 1 is 0.971 bits per heavy atom. The molecule has 0 radical (unpaired) electrons. The lowest BCUT2D eigenvalue weighted by Crippen LogP contribution is -2.59. The molecule has 4 N–H and O–H groups in total. The summed E-state index contributed by atoms with van der Waals surface area (Å²) >= 11 is 0. The van der Waals surface area contributed by atoms with E-state index < -0.39 is 29.1 Å². The van der Waals surface area contributed by atoms with Crippen molar-refractivity contribution in [1.29, 1.82) is 0 Å². The van der Waals surface area contributed by atoms with Gasteiger partial charge in [-0.15, -0.1) is 0 Å². The number of hydrogen-bond acceptors (Lipinski definition) is 5. The summed E-state index contributed by atoms with van der Waals surface area (Å²) in [5.41, 5.74) is 2.47. The Morgan fingerprint density at radius 2 is 1.50 bits per heavy atom. The van der Waals surface area contributed by atoms with Crippen LogP contribution in [0.15, 0.2) is 48.5 Å². The maximum atomic E-state index is 12.8. The standard InChI is InChI=1S/C26H32N2O6/c1-25(2,23(32)27-14-13-21(29)22(30)31)26(3,4)28-24(33)34-15-20-18-11-7-5-9-16(18)17-10-6-8-12-19(17)20/h5-12,20-21,29H,13-15H2,1-4H3,(H,27,32)(H,28,33)(H,30,31)/t21-/m0/s1. The third-order valence-electron chi connectivity index (χ3n) is 6.88. The fourth-order valence-corrected chi connectivity index (χ4v) is 4.00. The van der Waals surface area contributed by atoms with Crippen LogP contribution in [0.1, 0.15) is 51.2 Å². The molecule has 1 aliphatic rings. The molecule has 3 rings (SSSR count). The summed E-state index contributed by atoms with van der Waals surface area (Å²) in [6.45, 7) is 6.96. The second-order valence-corrected chi connectivity index (χ2v) is 9.60. The van der Waals surface area contributed by atoms with Gasteiger partial charge in [-0.2, -0.15) is 0 Å². The van der Waals surface area contributed by atoms with Gasteiger partial charge in [-0.05, 0) is 49.9 Å². The lowest BCUT2D eigenvalue weighted by Gasteiger charge is -2.40. The SMILES string of the molecule is CC(C)(NC(=O)OCC1c2ccccc2-c2ccccc21)C(C)(C)C(=O)NCC[C@H](O)C(=O)O. The van der Waals surface area contributed by atoms with Crippen LogP contribution < -0.4 is 10.6 Å². The number of benzene rings is 2. The van der Waals surface area contributed by atoms with Gasteiger partial charge in [0.1, 0.15) is 6.61 Å². The van der Waals surface area contributed by atoms with Crippen LogP contribution in [0, 0.1) is 5.41 Å². The van der Waals surface area contributed by atoms with Gasteiger partial charge in [0.25, 0.3) is 0 Å². The molecule has 0 fully saturated rings. The summed E-state index contributed by atoms with van der Waals surface area (Å²) in [6.07, 6.45) is -2.29. The van der Waals surface area contributed by atoms with Gasteiger partial charge in [0.15, 0.2) is 6.10 Å². The number of alkyl carbamates (subject to hydrolysis) is 1. The highest BCUT2D eigenvalue weighted by Gasteiger charge is 2.44. The number of carboxylic acid groups (broad SMARTS) is 1. The fraction of sp³-hybridized carbons (Fsp3) is 0.423. The monoisotopic (exact) mass is 468 g/mol. The first-order valence-corrected chi connectivity index (χ1v) is 11.3. The van der Waals surface area contributed by atoms with Gasteiger partial charge in [0.2, 0.25) is 5.91 Å². The number of nitrogens with one attached hydrogen (secondary N) is 2. The van der Waals surface area contributed by atoms with E-state index in [1.54, 1.807) is 27.7 Å². The number of carboxylic acids is 1. The minimum Gasteiger partial charge on any atom is -0.479 e. The van der Waals surface area contributed by atoms with Crippen LogP contribution in [-0.2, 0) is 14.3 Å². The molecule has 1 atom stereocenters. The number of aliphatic carboxylic acids is 1. The highest BCUT2D eigenvalue weighted by molar-refractivity contribution is 5.84. The molecule has 0 spiro atoms. The number of ether oxygens (including phenoxy) is 1. The molecule has 0 bridgehead atoms. The second kappa shape index (κ2) is 9.85. The maximum absolute atomic E-state index is 12.8. The topological polar surface area (TPSA) is 125 Å². The quantitative estimate of drug-likeness (QED) is 0.448. The molecule has 2 aromatic carbocycles. The first-order valence-electron chi connectivity index (χ1n) is 11.3. The summed E-state index contributed by atoms with van der Waals surface area (Å²) in [5, 5.41) is 23.6. The van der Waals surface area contributed by atoms with Crippen LogP contribution in [0.3, 0.4) is 0 Å². The van der Waals surface area contributed by atoms with Gasteiger partial charge >= 0.3 is 12.1 Å². The van der Waals surface area contributed by atoms with Crippen molar-refractivity contribution >= 4 is 18.0 Å². The molecule has 0 heterocycles. The third kappa shape index (κ3) is 5.07. The van der Waals surface area contributed by atoms with Crippen molar-refractivity contribution in [1.82, 2.24) is 10.6 Å². The van der Waals surface area contributed by atoms with E-state index in [9.17, 15) is 19.5 Å². The highest BCUT2D eigenvalue weighted by atomic mass is 16.5. The Bertz CT molecular complexity index is 1030. The number of rotatable bonds is 9. The first kappa shape index (κ1) is 25.2. The molecule has 182 valence electrons. The summed E-state index contributed by atoms with van der Waals surface area (Å²) in [5.74, 6) is -1.79. The van der Waals surface area contributed by atoms with Crippen molar-refractivity contribution in [2.24, 2.45) is 5.41 Å². The molecule has 8 heteroatoms. The van der Waals surface area contributed by atoms with E-state index in [0.717, 1.165) is 22.3 Å². The number of aliphatic hydroxyl groups is 1. The number of fused-ring (bicyclic) bond motifs is 3. The van der Waals surface area contributed by atoms with E-state index in [1.165, 1.54) is 0 Å². The van der Waals surface area contributed by atoms with Crippen molar-refractivity contribution in [2.45, 2.75) is 51.7 Å². The molecule has 0 aliphatic heterocycles. The number of aliphatic hydroxyl groups excluding tert-OH is 1. The minimum atomic E-state index is -1.55. The lowest BCUT2D eigenvalue weighted by molar-refractivity contribution is -0.147. The van der Waals surface area contributed by atoms with Crippen LogP contribution in [0.5, 0.6) is 0 Å². The zero-order chi connectivity index (χ0) is 25.1. The van der Waals surface area contributed by atoms with E-state index in [4.69, 9.17) is 9.84 Å². The van der Waals surface area contributed by atoms with E-state index in [1.807, 2.05) is 36.4 Å². The Balaban J connectivity index is 1.60.